The molecule has 1 atom stereocenters. The third-order valence-electron chi connectivity index (χ3n) is 2.07. The van der Waals surface area contributed by atoms with Gasteiger partial charge in [-0.1, -0.05) is 17.3 Å². The molecule has 0 unspecified atom stereocenters. The summed E-state index contributed by atoms with van der Waals surface area (Å²) in [5, 5.41) is 3.67. The molecule has 0 aliphatic carbocycles. The second-order valence-electron chi connectivity index (χ2n) is 3.56. The van der Waals surface area contributed by atoms with Crippen molar-refractivity contribution in [2.75, 3.05) is 0 Å². The first-order valence-corrected chi connectivity index (χ1v) is 5.12. The Morgan fingerprint density at radius 1 is 1.47 bits per heavy atom. The van der Waals surface area contributed by atoms with Gasteiger partial charge in [-0.3, -0.25) is 0 Å². The van der Waals surface area contributed by atoms with Crippen LogP contribution in [0.1, 0.15) is 24.7 Å². The van der Waals surface area contributed by atoms with Crippen molar-refractivity contribution in [3.63, 3.8) is 0 Å². The van der Waals surface area contributed by atoms with E-state index in [9.17, 15) is 4.39 Å². The molecule has 0 aliphatic heterocycles. The summed E-state index contributed by atoms with van der Waals surface area (Å²) in [6.45, 7) is 1.77. The lowest BCUT2D eigenvalue weighted by atomic mass is 10.3. The Kier molecular flexibility index (Phi) is 3.34. The number of halogens is 1. The van der Waals surface area contributed by atoms with Crippen LogP contribution in [0.4, 0.5) is 4.39 Å². The summed E-state index contributed by atoms with van der Waals surface area (Å²) in [7, 11) is 0. The summed E-state index contributed by atoms with van der Waals surface area (Å²) in [6.07, 6.45) is 0. The highest BCUT2D eigenvalue weighted by molar-refractivity contribution is 5.23. The Bertz CT molecular complexity index is 499. The fourth-order valence-corrected chi connectivity index (χ4v) is 1.22. The van der Waals surface area contributed by atoms with Crippen LogP contribution in [0.2, 0.25) is 0 Å². The number of rotatable bonds is 4. The molecule has 0 bridgehead atoms. The summed E-state index contributed by atoms with van der Waals surface area (Å²) < 4.78 is 23.3. The van der Waals surface area contributed by atoms with Gasteiger partial charge in [-0.2, -0.15) is 4.98 Å². The van der Waals surface area contributed by atoms with E-state index in [2.05, 4.69) is 10.1 Å². The lowest BCUT2D eigenvalue weighted by Gasteiger charge is -2.03. The van der Waals surface area contributed by atoms with Crippen LogP contribution in [0, 0.1) is 5.82 Å². The molecule has 1 aromatic carbocycles. The van der Waals surface area contributed by atoms with E-state index in [0.717, 1.165) is 0 Å². The molecule has 0 radical (unpaired) electrons. The first kappa shape index (κ1) is 11.5. The largest absolute Gasteiger partial charge is 0.482 e. The van der Waals surface area contributed by atoms with Gasteiger partial charge in [0.25, 0.3) is 0 Å². The fourth-order valence-electron chi connectivity index (χ4n) is 1.22. The van der Waals surface area contributed by atoms with Gasteiger partial charge in [0.1, 0.15) is 0 Å². The molecule has 0 amide bonds. The van der Waals surface area contributed by atoms with Crippen molar-refractivity contribution in [2.24, 2.45) is 5.73 Å². The van der Waals surface area contributed by atoms with Gasteiger partial charge in [-0.25, -0.2) is 4.39 Å². The van der Waals surface area contributed by atoms with Gasteiger partial charge < -0.3 is 15.0 Å². The minimum atomic E-state index is -0.427. The standard InChI is InChI=1S/C11H12FN3O2/c1-7(13)11-14-10(15-17-11)6-16-9-5-3-2-4-8(9)12/h2-5,7H,6,13H2,1H3/t7-/m0/s1. The van der Waals surface area contributed by atoms with Crippen LogP contribution in [0.15, 0.2) is 28.8 Å². The average Bonchev–Trinajstić information content (AvgIpc) is 2.77. The minimum Gasteiger partial charge on any atom is -0.482 e. The highest BCUT2D eigenvalue weighted by Crippen LogP contribution is 2.16. The van der Waals surface area contributed by atoms with Crippen LogP contribution in [-0.4, -0.2) is 10.1 Å². The first-order valence-electron chi connectivity index (χ1n) is 5.12. The number of para-hydroxylation sites is 1. The average molecular weight is 237 g/mol. The Morgan fingerprint density at radius 3 is 2.88 bits per heavy atom. The molecule has 2 aromatic rings. The number of ether oxygens (including phenoxy) is 1. The van der Waals surface area contributed by atoms with E-state index in [4.69, 9.17) is 15.0 Å². The Labute approximate surface area is 97.4 Å². The summed E-state index contributed by atoms with van der Waals surface area (Å²) >= 11 is 0. The van der Waals surface area contributed by atoms with E-state index in [1.165, 1.54) is 12.1 Å². The predicted molar refractivity (Wildman–Crippen MR) is 57.6 cm³/mol. The van der Waals surface area contributed by atoms with Crippen molar-refractivity contribution < 1.29 is 13.7 Å². The molecular formula is C11H12FN3O2. The maximum atomic E-state index is 13.2. The van der Waals surface area contributed by atoms with E-state index >= 15 is 0 Å². The molecule has 2 N–H and O–H groups in total. The number of nitrogens with two attached hydrogens (primary N) is 1. The zero-order valence-electron chi connectivity index (χ0n) is 9.26. The first-order chi connectivity index (χ1) is 8.16. The highest BCUT2D eigenvalue weighted by Gasteiger charge is 2.11. The number of hydrogen-bond donors (Lipinski definition) is 1. The molecule has 1 heterocycles. The number of aromatic nitrogens is 2. The zero-order valence-corrected chi connectivity index (χ0v) is 9.26. The monoisotopic (exact) mass is 237 g/mol. The second-order valence-corrected chi connectivity index (χ2v) is 3.56. The molecular weight excluding hydrogens is 225 g/mol. The molecule has 90 valence electrons. The molecule has 2 rings (SSSR count). The van der Waals surface area contributed by atoms with Crippen LogP contribution in [0.3, 0.4) is 0 Å². The highest BCUT2D eigenvalue weighted by atomic mass is 19.1. The number of nitrogens with zero attached hydrogens (tertiary/aromatic N) is 2. The Balaban J connectivity index is 2.00. The summed E-state index contributed by atoms with van der Waals surface area (Å²) in [4.78, 5) is 4.00. The molecule has 0 saturated carbocycles. The zero-order chi connectivity index (χ0) is 12.3. The molecule has 1 aromatic heterocycles. The third-order valence-corrected chi connectivity index (χ3v) is 2.07. The SMILES string of the molecule is C[C@H](N)c1nc(COc2ccccc2F)no1. The fraction of sp³-hybridized carbons (Fsp3) is 0.273. The van der Waals surface area contributed by atoms with E-state index < -0.39 is 5.82 Å². The molecule has 17 heavy (non-hydrogen) atoms. The van der Waals surface area contributed by atoms with Crippen molar-refractivity contribution in [1.29, 1.82) is 0 Å². The van der Waals surface area contributed by atoms with E-state index in [1.807, 2.05) is 0 Å². The van der Waals surface area contributed by atoms with Gasteiger partial charge in [-0.05, 0) is 19.1 Å². The predicted octanol–water partition coefficient (Wildman–Crippen LogP) is 1.81. The second kappa shape index (κ2) is 4.92. The molecule has 0 aliphatic rings. The van der Waals surface area contributed by atoms with Gasteiger partial charge in [-0.15, -0.1) is 0 Å². The Hall–Kier alpha value is -1.95. The normalized spacial score (nSPS) is 12.4. The van der Waals surface area contributed by atoms with Gasteiger partial charge in [0.2, 0.25) is 11.7 Å². The van der Waals surface area contributed by atoms with Crippen molar-refractivity contribution in [3.05, 3.63) is 41.8 Å². The maximum absolute atomic E-state index is 13.2. The summed E-state index contributed by atoms with van der Waals surface area (Å²) in [6, 6.07) is 5.79. The minimum absolute atomic E-state index is 0.0388. The van der Waals surface area contributed by atoms with Gasteiger partial charge in [0, 0.05) is 0 Å². The van der Waals surface area contributed by atoms with Crippen LogP contribution >= 0.6 is 0 Å². The van der Waals surface area contributed by atoms with Gasteiger partial charge in [0.15, 0.2) is 18.2 Å². The smallest absolute Gasteiger partial charge is 0.243 e. The lowest BCUT2D eigenvalue weighted by molar-refractivity contribution is 0.272. The molecule has 0 spiro atoms. The summed E-state index contributed by atoms with van der Waals surface area (Å²) in [5.41, 5.74) is 5.56. The van der Waals surface area contributed by atoms with Crippen molar-refractivity contribution in [1.82, 2.24) is 10.1 Å². The van der Waals surface area contributed by atoms with Crippen LogP contribution in [0.5, 0.6) is 5.75 Å². The molecule has 0 fully saturated rings. The lowest BCUT2D eigenvalue weighted by Crippen LogP contribution is -2.05. The van der Waals surface area contributed by atoms with Crippen LogP contribution in [-0.2, 0) is 6.61 Å². The topological polar surface area (TPSA) is 74.2 Å². The third kappa shape index (κ3) is 2.79. The Morgan fingerprint density at radius 2 is 2.24 bits per heavy atom. The number of hydrogen-bond acceptors (Lipinski definition) is 5. The van der Waals surface area contributed by atoms with Crippen molar-refractivity contribution >= 4 is 0 Å². The number of benzene rings is 1. The van der Waals surface area contributed by atoms with E-state index in [1.54, 1.807) is 19.1 Å². The van der Waals surface area contributed by atoms with Gasteiger partial charge in [0.05, 0.1) is 6.04 Å². The summed E-state index contributed by atoms with van der Waals surface area (Å²) in [5.74, 6) is 0.390. The van der Waals surface area contributed by atoms with E-state index in [-0.39, 0.29) is 18.4 Å². The van der Waals surface area contributed by atoms with Crippen molar-refractivity contribution in [3.8, 4) is 5.75 Å². The van der Waals surface area contributed by atoms with Crippen LogP contribution in [0.25, 0.3) is 0 Å². The molecule has 5 nitrogen and oxygen atoms in total. The van der Waals surface area contributed by atoms with Crippen molar-refractivity contribution in [2.45, 2.75) is 19.6 Å². The van der Waals surface area contributed by atoms with Crippen LogP contribution < -0.4 is 10.5 Å². The molecule has 0 saturated heterocycles. The van der Waals surface area contributed by atoms with E-state index in [0.29, 0.717) is 11.7 Å². The quantitative estimate of drug-likeness (QED) is 0.877. The molecule has 6 heteroatoms. The maximum Gasteiger partial charge on any atom is 0.243 e. The van der Waals surface area contributed by atoms with Gasteiger partial charge >= 0.3 is 0 Å².